The monoisotopic (exact) mass is 430 g/mol. The normalized spacial score (nSPS) is 18.1. The average molecular weight is 431 g/mol. The summed E-state index contributed by atoms with van der Waals surface area (Å²) in [5, 5.41) is 2.84. The van der Waals surface area contributed by atoms with E-state index in [0.29, 0.717) is 24.4 Å². The summed E-state index contributed by atoms with van der Waals surface area (Å²) in [5.41, 5.74) is 1.61. The number of benzene rings is 2. The van der Waals surface area contributed by atoms with E-state index in [0.717, 1.165) is 18.4 Å². The van der Waals surface area contributed by atoms with E-state index < -0.39 is 16.1 Å². The van der Waals surface area contributed by atoms with Crippen LogP contribution >= 0.6 is 0 Å². The zero-order valence-corrected chi connectivity index (χ0v) is 18.8. The smallest absolute Gasteiger partial charge is 0.243 e. The van der Waals surface area contributed by atoms with E-state index in [4.69, 9.17) is 4.74 Å². The van der Waals surface area contributed by atoms with Gasteiger partial charge in [0.05, 0.1) is 12.0 Å². The number of methoxy groups -OCH3 is 1. The van der Waals surface area contributed by atoms with Gasteiger partial charge < -0.3 is 10.1 Å². The van der Waals surface area contributed by atoms with Gasteiger partial charge in [0.2, 0.25) is 15.9 Å². The molecule has 6 nitrogen and oxygen atoms in total. The number of piperidine rings is 1. The van der Waals surface area contributed by atoms with Crippen LogP contribution < -0.4 is 10.1 Å². The van der Waals surface area contributed by atoms with E-state index in [2.05, 4.69) is 26.1 Å². The third-order valence-corrected chi connectivity index (χ3v) is 7.36. The number of amides is 1. The molecule has 3 rings (SSSR count). The number of ether oxygens (including phenoxy) is 1. The molecule has 1 fully saturated rings. The summed E-state index contributed by atoms with van der Waals surface area (Å²) in [5.74, 6) is 0.378. The Morgan fingerprint density at radius 1 is 1.03 bits per heavy atom. The highest BCUT2D eigenvalue weighted by atomic mass is 32.2. The number of carbonyl (C=O) groups excluding carboxylic acids is 1. The summed E-state index contributed by atoms with van der Waals surface area (Å²) < 4.78 is 33.1. The van der Waals surface area contributed by atoms with Gasteiger partial charge in [-0.1, -0.05) is 39.3 Å². The van der Waals surface area contributed by atoms with Crippen LogP contribution in [0.25, 0.3) is 0 Å². The van der Waals surface area contributed by atoms with E-state index in [1.165, 1.54) is 4.31 Å². The topological polar surface area (TPSA) is 75.7 Å². The maximum absolute atomic E-state index is 13.3. The maximum Gasteiger partial charge on any atom is 0.243 e. The summed E-state index contributed by atoms with van der Waals surface area (Å²) in [4.78, 5) is 13.2. The molecule has 1 saturated heterocycles. The van der Waals surface area contributed by atoms with Crippen molar-refractivity contribution in [3.05, 3.63) is 54.1 Å². The molecule has 1 N–H and O–H groups in total. The fourth-order valence-corrected chi connectivity index (χ4v) is 5.27. The van der Waals surface area contributed by atoms with Crippen LogP contribution in [0.2, 0.25) is 0 Å². The van der Waals surface area contributed by atoms with Crippen LogP contribution in [0.3, 0.4) is 0 Å². The quantitative estimate of drug-likeness (QED) is 0.772. The fraction of sp³-hybridized carbons (Fsp3) is 0.435. The Balaban J connectivity index is 1.82. The van der Waals surface area contributed by atoms with Crippen LogP contribution in [0.15, 0.2) is 53.4 Å². The molecule has 0 saturated carbocycles. The van der Waals surface area contributed by atoms with Crippen LogP contribution in [-0.2, 0) is 20.2 Å². The lowest BCUT2D eigenvalue weighted by Gasteiger charge is -2.33. The Kier molecular flexibility index (Phi) is 6.53. The third kappa shape index (κ3) is 4.84. The Hall–Kier alpha value is -2.38. The lowest BCUT2D eigenvalue weighted by Crippen LogP contribution is -2.49. The maximum atomic E-state index is 13.3. The first kappa shape index (κ1) is 22.3. The molecule has 30 heavy (non-hydrogen) atoms. The molecule has 1 aliphatic rings. The molecule has 0 spiro atoms. The Morgan fingerprint density at radius 2 is 1.67 bits per heavy atom. The molecule has 1 aliphatic heterocycles. The average Bonchev–Trinajstić information content (AvgIpc) is 2.73. The van der Waals surface area contributed by atoms with Crippen LogP contribution in [-0.4, -0.2) is 38.3 Å². The summed E-state index contributed by atoms with van der Waals surface area (Å²) in [6, 6.07) is 13.2. The second-order valence-corrected chi connectivity index (χ2v) is 10.5. The molecule has 2 aromatic rings. The molecule has 0 bridgehead atoms. The van der Waals surface area contributed by atoms with Crippen molar-refractivity contribution in [1.82, 2.24) is 4.31 Å². The molecule has 0 aromatic heterocycles. The highest BCUT2D eigenvalue weighted by Gasteiger charge is 2.37. The van der Waals surface area contributed by atoms with Crippen molar-refractivity contribution in [3.63, 3.8) is 0 Å². The van der Waals surface area contributed by atoms with Gasteiger partial charge in [-0.2, -0.15) is 4.31 Å². The predicted octanol–water partition coefficient (Wildman–Crippen LogP) is 4.17. The molecular weight excluding hydrogens is 400 g/mol. The lowest BCUT2D eigenvalue weighted by molar-refractivity contribution is -0.120. The first-order valence-corrected chi connectivity index (χ1v) is 11.6. The minimum Gasteiger partial charge on any atom is -0.497 e. The van der Waals surface area contributed by atoms with E-state index in [9.17, 15) is 13.2 Å². The first-order chi connectivity index (χ1) is 14.1. The number of nitrogens with one attached hydrogen (secondary N) is 1. The highest BCUT2D eigenvalue weighted by Crippen LogP contribution is 2.29. The molecule has 2 aromatic carbocycles. The lowest BCUT2D eigenvalue weighted by atomic mass is 9.87. The van der Waals surface area contributed by atoms with Gasteiger partial charge in [0.15, 0.2) is 0 Å². The van der Waals surface area contributed by atoms with Crippen LogP contribution in [0.5, 0.6) is 5.75 Å². The largest absolute Gasteiger partial charge is 0.497 e. The summed E-state index contributed by atoms with van der Waals surface area (Å²) in [6.45, 7) is 6.59. The van der Waals surface area contributed by atoms with Gasteiger partial charge in [0.25, 0.3) is 0 Å². The SMILES string of the molecule is COc1ccc(NC(=O)[C@H]2CCCCN2S(=O)(=O)c2ccc(C(C)(C)C)cc2)cc1. The van der Waals surface area contributed by atoms with Gasteiger partial charge in [-0.25, -0.2) is 8.42 Å². The molecule has 7 heteroatoms. The zero-order valence-electron chi connectivity index (χ0n) is 18.0. The van der Waals surface area contributed by atoms with Crippen molar-refractivity contribution in [2.75, 3.05) is 19.0 Å². The van der Waals surface area contributed by atoms with Crippen molar-refractivity contribution in [2.45, 2.75) is 56.4 Å². The zero-order chi connectivity index (χ0) is 21.9. The first-order valence-electron chi connectivity index (χ1n) is 10.2. The second-order valence-electron chi connectivity index (χ2n) is 8.62. The van der Waals surface area contributed by atoms with E-state index >= 15 is 0 Å². The van der Waals surface area contributed by atoms with E-state index in [1.807, 2.05) is 12.1 Å². The van der Waals surface area contributed by atoms with Crippen molar-refractivity contribution in [2.24, 2.45) is 0 Å². The highest BCUT2D eigenvalue weighted by molar-refractivity contribution is 7.89. The molecule has 1 amide bonds. The van der Waals surface area contributed by atoms with Crippen molar-refractivity contribution < 1.29 is 17.9 Å². The summed E-state index contributed by atoms with van der Waals surface area (Å²) in [7, 11) is -2.19. The number of hydrogen-bond acceptors (Lipinski definition) is 4. The molecule has 0 unspecified atom stereocenters. The Labute approximate surface area is 179 Å². The number of sulfonamides is 1. The van der Waals surface area contributed by atoms with Crippen molar-refractivity contribution in [3.8, 4) is 5.75 Å². The van der Waals surface area contributed by atoms with Gasteiger partial charge in [-0.05, 0) is 60.2 Å². The molecule has 0 aliphatic carbocycles. The number of carbonyl (C=O) groups is 1. The van der Waals surface area contributed by atoms with Crippen LogP contribution in [0, 0.1) is 0 Å². The third-order valence-electron chi connectivity index (χ3n) is 5.44. The van der Waals surface area contributed by atoms with Crippen molar-refractivity contribution in [1.29, 1.82) is 0 Å². The minimum absolute atomic E-state index is 0.0613. The molecule has 0 radical (unpaired) electrons. The van der Waals surface area contributed by atoms with Gasteiger partial charge >= 0.3 is 0 Å². The standard InChI is InChI=1S/C23H30N2O4S/c1-23(2,3)17-8-14-20(15-9-17)30(27,28)25-16-6-5-7-21(25)22(26)24-18-10-12-19(29-4)13-11-18/h8-15,21H,5-7,16H2,1-4H3,(H,24,26)/t21-/m1/s1. The van der Waals surface area contributed by atoms with Gasteiger partial charge in [0.1, 0.15) is 11.8 Å². The van der Waals surface area contributed by atoms with Crippen LogP contribution in [0.1, 0.15) is 45.6 Å². The van der Waals surface area contributed by atoms with Gasteiger partial charge in [-0.15, -0.1) is 0 Å². The van der Waals surface area contributed by atoms with Crippen molar-refractivity contribution >= 4 is 21.6 Å². The van der Waals surface area contributed by atoms with E-state index in [1.54, 1.807) is 43.5 Å². The van der Waals surface area contributed by atoms with Crippen LogP contribution in [0.4, 0.5) is 5.69 Å². The minimum atomic E-state index is -3.77. The molecule has 162 valence electrons. The fourth-order valence-electron chi connectivity index (χ4n) is 3.62. The Bertz CT molecular complexity index is 977. The predicted molar refractivity (Wildman–Crippen MR) is 118 cm³/mol. The summed E-state index contributed by atoms with van der Waals surface area (Å²) in [6.07, 6.45) is 2.06. The second kappa shape index (κ2) is 8.78. The molecular formula is C23H30N2O4S. The number of rotatable bonds is 5. The number of hydrogen-bond donors (Lipinski definition) is 1. The van der Waals surface area contributed by atoms with Gasteiger partial charge in [0, 0.05) is 12.2 Å². The van der Waals surface area contributed by atoms with E-state index in [-0.39, 0.29) is 16.2 Å². The number of anilines is 1. The molecule has 1 heterocycles. The summed E-state index contributed by atoms with van der Waals surface area (Å²) >= 11 is 0. The Morgan fingerprint density at radius 3 is 2.23 bits per heavy atom. The van der Waals surface area contributed by atoms with Gasteiger partial charge in [-0.3, -0.25) is 4.79 Å². The number of nitrogens with zero attached hydrogens (tertiary/aromatic N) is 1. The molecule has 1 atom stereocenters.